The first-order chi connectivity index (χ1) is 10.4. The summed E-state index contributed by atoms with van der Waals surface area (Å²) in [7, 11) is -3.81. The number of hydrogen-bond acceptors (Lipinski definition) is 6. The van der Waals surface area contributed by atoms with Crippen molar-refractivity contribution in [2.45, 2.75) is 57.0 Å². The van der Waals surface area contributed by atoms with Gasteiger partial charge in [0.15, 0.2) is 5.03 Å². The molecule has 0 aromatic carbocycles. The summed E-state index contributed by atoms with van der Waals surface area (Å²) < 4.78 is 34.0. The Kier molecular flexibility index (Phi) is 3.67. The van der Waals surface area contributed by atoms with Crippen LogP contribution in [0.5, 0.6) is 0 Å². The summed E-state index contributed by atoms with van der Waals surface area (Å²) in [5.74, 6) is 1.15. The maximum atomic E-state index is 12.4. The van der Waals surface area contributed by atoms with Crippen molar-refractivity contribution in [1.29, 1.82) is 0 Å². The van der Waals surface area contributed by atoms with Crippen molar-refractivity contribution in [2.24, 2.45) is 0 Å². The summed E-state index contributed by atoms with van der Waals surface area (Å²) in [6.07, 6.45) is 4.41. The predicted octanol–water partition coefficient (Wildman–Crippen LogP) is 2.09. The third-order valence-corrected chi connectivity index (χ3v) is 4.92. The highest BCUT2D eigenvalue weighted by Gasteiger charge is 2.26. The highest BCUT2D eigenvalue weighted by atomic mass is 32.2. The van der Waals surface area contributed by atoms with E-state index >= 15 is 0 Å². The van der Waals surface area contributed by atoms with Crippen LogP contribution in [0.1, 0.15) is 57.3 Å². The van der Waals surface area contributed by atoms with E-state index in [1.807, 2.05) is 18.4 Å². The summed E-state index contributed by atoms with van der Waals surface area (Å²) in [4.78, 5) is 8.25. The first-order valence-electron chi connectivity index (χ1n) is 7.31. The van der Waals surface area contributed by atoms with Crippen molar-refractivity contribution >= 4 is 16.0 Å². The zero-order valence-electron chi connectivity index (χ0n) is 12.8. The predicted molar refractivity (Wildman–Crippen MR) is 79.1 cm³/mol. The summed E-state index contributed by atoms with van der Waals surface area (Å²) in [5, 5.41) is 3.63. The molecule has 1 atom stereocenters. The Morgan fingerprint density at radius 1 is 1.41 bits per heavy atom. The Morgan fingerprint density at radius 3 is 2.82 bits per heavy atom. The molecule has 22 heavy (non-hydrogen) atoms. The van der Waals surface area contributed by atoms with Crippen molar-refractivity contribution in [3.8, 4) is 0 Å². The molecule has 0 amide bonds. The van der Waals surface area contributed by atoms with E-state index in [-0.39, 0.29) is 22.9 Å². The number of fused-ring (bicyclic) bond motifs is 1. The molecule has 0 bridgehead atoms. The maximum absolute atomic E-state index is 12.4. The van der Waals surface area contributed by atoms with Gasteiger partial charge in [0.2, 0.25) is 5.89 Å². The molecule has 0 spiro atoms. The van der Waals surface area contributed by atoms with E-state index < -0.39 is 10.0 Å². The molecule has 120 valence electrons. The number of sulfonamides is 1. The zero-order chi connectivity index (χ0) is 15.9. The van der Waals surface area contributed by atoms with Crippen molar-refractivity contribution in [1.82, 2.24) is 19.7 Å². The molecule has 0 saturated carbocycles. The van der Waals surface area contributed by atoms with Gasteiger partial charge in [-0.15, -0.1) is 0 Å². The van der Waals surface area contributed by atoms with Crippen molar-refractivity contribution in [2.75, 3.05) is 4.72 Å². The fourth-order valence-electron chi connectivity index (χ4n) is 2.48. The number of aryl methyl sites for hydroxylation is 1. The normalized spacial score (nSPS) is 18.5. The van der Waals surface area contributed by atoms with Gasteiger partial charge in [-0.25, -0.2) is 9.71 Å². The van der Waals surface area contributed by atoms with E-state index in [2.05, 4.69) is 26.8 Å². The summed E-state index contributed by atoms with van der Waals surface area (Å²) in [6.45, 7) is 5.83. The monoisotopic (exact) mass is 325 g/mol. The van der Waals surface area contributed by atoms with Gasteiger partial charge in [0.1, 0.15) is 5.82 Å². The second kappa shape index (κ2) is 5.38. The molecule has 3 rings (SSSR count). The van der Waals surface area contributed by atoms with Gasteiger partial charge in [-0.2, -0.15) is 13.4 Å². The van der Waals surface area contributed by atoms with Crippen LogP contribution < -0.4 is 4.72 Å². The van der Waals surface area contributed by atoms with Crippen LogP contribution in [0.25, 0.3) is 0 Å². The number of rotatable bonds is 4. The topological polar surface area (TPSA) is 103 Å². The van der Waals surface area contributed by atoms with Crippen LogP contribution in [0.3, 0.4) is 0 Å². The van der Waals surface area contributed by atoms with Gasteiger partial charge in [0, 0.05) is 24.6 Å². The average Bonchev–Trinajstić information content (AvgIpc) is 3.05. The van der Waals surface area contributed by atoms with Gasteiger partial charge in [-0.3, -0.25) is 0 Å². The number of nitrogens with zero attached hydrogens (tertiary/aromatic N) is 4. The average molecular weight is 325 g/mol. The van der Waals surface area contributed by atoms with E-state index in [9.17, 15) is 8.42 Å². The molecule has 0 aliphatic carbocycles. The van der Waals surface area contributed by atoms with E-state index in [4.69, 9.17) is 4.52 Å². The van der Waals surface area contributed by atoms with E-state index in [1.165, 1.54) is 0 Å². The quantitative estimate of drug-likeness (QED) is 0.923. The van der Waals surface area contributed by atoms with Crippen LogP contribution in [0.15, 0.2) is 15.7 Å². The number of nitrogens with one attached hydrogen (secondary N) is 1. The first-order valence-corrected chi connectivity index (χ1v) is 8.79. The molecule has 1 aliphatic rings. The van der Waals surface area contributed by atoms with Crippen molar-refractivity contribution in [3.05, 3.63) is 17.9 Å². The van der Waals surface area contributed by atoms with E-state index in [0.29, 0.717) is 5.89 Å². The Bertz CT molecular complexity index is 777. The molecule has 8 nitrogen and oxygen atoms in total. The van der Waals surface area contributed by atoms with Crippen LogP contribution >= 0.6 is 0 Å². The summed E-state index contributed by atoms with van der Waals surface area (Å²) >= 11 is 0. The second-order valence-corrected chi connectivity index (χ2v) is 7.49. The van der Waals surface area contributed by atoms with E-state index in [0.717, 1.165) is 25.1 Å². The van der Waals surface area contributed by atoms with Gasteiger partial charge in [-0.1, -0.05) is 13.8 Å². The van der Waals surface area contributed by atoms with Crippen molar-refractivity contribution in [3.63, 3.8) is 0 Å². The standard InChI is InChI=1S/C13H19N5O3S/c1-8(2)12-15-13(16-21-12)17-22(19,20)11-7-18-9(3)5-4-6-10(18)14-11/h7-9H,4-6H2,1-3H3,(H,16,17). The highest BCUT2D eigenvalue weighted by molar-refractivity contribution is 7.92. The SMILES string of the molecule is CC(C)c1nc(NS(=O)(=O)c2cn3c(n2)CCCC3C)no1. The second-order valence-electron chi connectivity index (χ2n) is 5.86. The third kappa shape index (κ3) is 2.72. The summed E-state index contributed by atoms with van der Waals surface area (Å²) in [5.41, 5.74) is 0. The first kappa shape index (κ1) is 15.0. The van der Waals surface area contributed by atoms with Crippen molar-refractivity contribution < 1.29 is 12.9 Å². The van der Waals surface area contributed by atoms with Gasteiger partial charge < -0.3 is 9.09 Å². The lowest BCUT2D eigenvalue weighted by atomic mass is 10.1. The molecule has 3 heterocycles. The highest BCUT2D eigenvalue weighted by Crippen LogP contribution is 2.26. The fourth-order valence-corrected chi connectivity index (χ4v) is 3.39. The molecule has 0 fully saturated rings. The molecule has 2 aromatic heterocycles. The van der Waals surface area contributed by atoms with Gasteiger partial charge >= 0.3 is 0 Å². The van der Waals surface area contributed by atoms with Crippen LogP contribution in [0.4, 0.5) is 5.95 Å². The number of imidazole rings is 1. The molecule has 0 saturated heterocycles. The number of aromatic nitrogens is 4. The minimum atomic E-state index is -3.81. The largest absolute Gasteiger partial charge is 0.337 e. The Hall–Kier alpha value is -1.90. The Labute approximate surface area is 129 Å². The fraction of sp³-hybridized carbons (Fsp3) is 0.615. The van der Waals surface area contributed by atoms with Gasteiger partial charge in [0.25, 0.3) is 16.0 Å². The summed E-state index contributed by atoms with van der Waals surface area (Å²) in [6, 6.07) is 0.262. The third-order valence-electron chi connectivity index (χ3n) is 3.72. The molecule has 1 aliphatic heterocycles. The van der Waals surface area contributed by atoms with Gasteiger partial charge in [0.05, 0.1) is 0 Å². The minimum absolute atomic E-state index is 0.00727. The lowest BCUT2D eigenvalue weighted by Gasteiger charge is -2.20. The Balaban J connectivity index is 1.86. The molecule has 1 N–H and O–H groups in total. The molecule has 0 radical (unpaired) electrons. The smallest absolute Gasteiger partial charge is 0.283 e. The zero-order valence-corrected chi connectivity index (χ0v) is 13.6. The molecule has 1 unspecified atom stereocenters. The maximum Gasteiger partial charge on any atom is 0.283 e. The molecule has 2 aromatic rings. The van der Waals surface area contributed by atoms with Crippen LogP contribution in [-0.4, -0.2) is 28.1 Å². The van der Waals surface area contributed by atoms with Gasteiger partial charge in [-0.05, 0) is 24.9 Å². The van der Waals surface area contributed by atoms with Crippen LogP contribution in [0.2, 0.25) is 0 Å². The molecular weight excluding hydrogens is 306 g/mol. The Morgan fingerprint density at radius 2 is 2.18 bits per heavy atom. The minimum Gasteiger partial charge on any atom is -0.337 e. The van der Waals surface area contributed by atoms with Crippen LogP contribution in [-0.2, 0) is 16.4 Å². The number of anilines is 1. The van der Waals surface area contributed by atoms with E-state index in [1.54, 1.807) is 6.20 Å². The lowest BCUT2D eigenvalue weighted by Crippen LogP contribution is -2.14. The number of hydrogen-bond donors (Lipinski definition) is 1. The molecular formula is C13H19N5O3S. The lowest BCUT2D eigenvalue weighted by molar-refractivity contribution is 0.366. The molecule has 9 heteroatoms. The van der Waals surface area contributed by atoms with Crippen LogP contribution in [0, 0.1) is 0 Å².